The minimum atomic E-state index is -0.746. The van der Waals surface area contributed by atoms with Gasteiger partial charge in [-0.15, -0.1) is 0 Å². The average Bonchev–Trinajstić information content (AvgIpc) is 3.05. The van der Waals surface area contributed by atoms with Gasteiger partial charge in [0.25, 0.3) is 0 Å². The topological polar surface area (TPSA) is 94.5 Å². The first-order valence-electron chi connectivity index (χ1n) is 10.2. The summed E-state index contributed by atoms with van der Waals surface area (Å²) in [6.07, 6.45) is 0.896. The molecule has 8 nitrogen and oxygen atoms in total. The lowest BCUT2D eigenvalue weighted by Gasteiger charge is -2.26. The highest BCUT2D eigenvalue weighted by atomic mass is 16.6. The van der Waals surface area contributed by atoms with Crippen molar-refractivity contribution in [1.82, 2.24) is 4.90 Å². The largest absolute Gasteiger partial charge is 0.507 e. The molecule has 0 bridgehead atoms. The van der Waals surface area contributed by atoms with E-state index >= 15 is 0 Å². The maximum Gasteiger partial charge on any atom is 0.346 e. The molecule has 3 rings (SSSR count). The molecule has 0 aromatic heterocycles. The van der Waals surface area contributed by atoms with Gasteiger partial charge in [-0.1, -0.05) is 0 Å². The Hall–Kier alpha value is -2.58. The molecule has 1 fully saturated rings. The molecule has 0 saturated carbocycles. The van der Waals surface area contributed by atoms with E-state index in [1.54, 1.807) is 32.4 Å². The normalized spacial score (nSPS) is 19.7. The van der Waals surface area contributed by atoms with Gasteiger partial charge in [0.05, 0.1) is 27.4 Å². The number of nitrogens with zero attached hydrogens (tertiary/aromatic N) is 1. The lowest BCUT2D eigenvalue weighted by molar-refractivity contribution is -0.141. The third kappa shape index (κ3) is 5.31. The summed E-state index contributed by atoms with van der Waals surface area (Å²) < 4.78 is 21.1. The van der Waals surface area contributed by atoms with Gasteiger partial charge in [-0.2, -0.15) is 0 Å². The second-order valence-corrected chi connectivity index (χ2v) is 7.35. The van der Waals surface area contributed by atoms with Gasteiger partial charge in [-0.05, 0) is 49.6 Å². The highest BCUT2D eigenvalue weighted by Crippen LogP contribution is 2.28. The zero-order chi connectivity index (χ0) is 21.5. The summed E-state index contributed by atoms with van der Waals surface area (Å²) in [5.74, 6) is -0.133. The number of hydrogen-bond acceptors (Lipinski definition) is 8. The van der Waals surface area contributed by atoms with Crippen molar-refractivity contribution in [3.8, 4) is 11.5 Å². The Labute approximate surface area is 176 Å². The second-order valence-electron chi connectivity index (χ2n) is 7.35. The van der Waals surface area contributed by atoms with Crippen LogP contribution in [0.1, 0.15) is 24.8 Å². The molecule has 0 amide bonds. The van der Waals surface area contributed by atoms with E-state index in [2.05, 4.69) is 4.90 Å². The van der Waals surface area contributed by atoms with Crippen LogP contribution in [0.4, 0.5) is 0 Å². The predicted octanol–water partition coefficient (Wildman–Crippen LogP) is 2.06. The highest BCUT2D eigenvalue weighted by molar-refractivity contribution is 6.19. The third-order valence-electron chi connectivity index (χ3n) is 5.45. The lowest BCUT2D eigenvalue weighted by atomic mass is 10.0. The Morgan fingerprint density at radius 3 is 2.70 bits per heavy atom. The van der Waals surface area contributed by atoms with E-state index in [9.17, 15) is 14.7 Å². The number of Topliss-reactive ketones (excluding diaryl/α,β-unsaturated/α-hetero) is 1. The molecule has 1 aromatic rings. The van der Waals surface area contributed by atoms with Crippen LogP contribution in [0.3, 0.4) is 0 Å². The van der Waals surface area contributed by atoms with E-state index in [-0.39, 0.29) is 17.8 Å². The molecule has 2 heterocycles. The molecular weight excluding hydrogens is 390 g/mol. The first kappa shape index (κ1) is 22.1. The number of ether oxygens (including phenoxy) is 4. The number of ketones is 1. The number of hydrogen-bond donors (Lipinski definition) is 1. The number of rotatable bonds is 10. The Bertz CT molecular complexity index is 799. The number of esters is 1. The number of carbonyl (C=O) groups is 2. The molecule has 0 spiro atoms. The van der Waals surface area contributed by atoms with Crippen molar-refractivity contribution in [2.45, 2.75) is 31.8 Å². The van der Waals surface area contributed by atoms with E-state index in [1.165, 1.54) is 0 Å². The van der Waals surface area contributed by atoms with Crippen LogP contribution in [-0.2, 0) is 25.5 Å². The van der Waals surface area contributed by atoms with Crippen LogP contribution < -0.4 is 9.47 Å². The molecule has 1 unspecified atom stereocenters. The molecule has 0 radical (unpaired) electrons. The minimum absolute atomic E-state index is 0.0541. The summed E-state index contributed by atoms with van der Waals surface area (Å²) in [5, 5.41) is 10.4. The van der Waals surface area contributed by atoms with Gasteiger partial charge in [0.2, 0.25) is 0 Å². The molecule has 2 aliphatic rings. The van der Waals surface area contributed by atoms with Crippen LogP contribution in [0.15, 0.2) is 29.5 Å². The number of aryl methyl sites for hydroxylation is 1. The summed E-state index contributed by atoms with van der Waals surface area (Å²) in [6.45, 7) is 4.04. The molecule has 30 heavy (non-hydrogen) atoms. The third-order valence-corrected chi connectivity index (χ3v) is 5.45. The summed E-state index contributed by atoms with van der Waals surface area (Å²) >= 11 is 0. The number of carbonyl (C=O) groups excluding carboxylic acids is 2. The molecule has 1 aromatic carbocycles. The lowest BCUT2D eigenvalue weighted by Crippen LogP contribution is -2.37. The van der Waals surface area contributed by atoms with Gasteiger partial charge in [0.15, 0.2) is 17.6 Å². The van der Waals surface area contributed by atoms with Crippen molar-refractivity contribution < 1.29 is 33.6 Å². The van der Waals surface area contributed by atoms with Gasteiger partial charge in [0.1, 0.15) is 17.1 Å². The number of aliphatic hydroxyl groups excluding tert-OH is 1. The monoisotopic (exact) mass is 419 g/mol. The molecule has 1 atom stereocenters. The number of methoxy groups -OCH3 is 2. The van der Waals surface area contributed by atoms with Gasteiger partial charge >= 0.3 is 5.97 Å². The van der Waals surface area contributed by atoms with E-state index in [1.807, 2.05) is 0 Å². The fourth-order valence-electron chi connectivity index (χ4n) is 3.74. The Morgan fingerprint density at radius 2 is 2.00 bits per heavy atom. The quantitative estimate of drug-likeness (QED) is 0.455. The zero-order valence-electron chi connectivity index (χ0n) is 17.5. The number of benzene rings is 1. The molecule has 0 aliphatic carbocycles. The Balaban J connectivity index is 1.57. The number of morpholine rings is 1. The van der Waals surface area contributed by atoms with Gasteiger partial charge < -0.3 is 24.1 Å². The first-order valence-corrected chi connectivity index (χ1v) is 10.2. The van der Waals surface area contributed by atoms with E-state index in [0.717, 1.165) is 44.8 Å². The zero-order valence-corrected chi connectivity index (χ0v) is 17.5. The van der Waals surface area contributed by atoms with Crippen LogP contribution in [0, 0.1) is 0 Å². The average molecular weight is 419 g/mol. The Morgan fingerprint density at radius 1 is 1.23 bits per heavy atom. The van der Waals surface area contributed by atoms with Gasteiger partial charge in [0, 0.05) is 19.5 Å². The van der Waals surface area contributed by atoms with Crippen molar-refractivity contribution in [1.29, 1.82) is 0 Å². The predicted molar refractivity (Wildman–Crippen MR) is 109 cm³/mol. The fraction of sp³-hybridized carbons (Fsp3) is 0.545. The summed E-state index contributed by atoms with van der Waals surface area (Å²) in [4.78, 5) is 27.1. The highest BCUT2D eigenvalue weighted by Gasteiger charge is 2.37. The first-order chi connectivity index (χ1) is 14.5. The smallest absolute Gasteiger partial charge is 0.346 e. The van der Waals surface area contributed by atoms with Crippen LogP contribution in [0.2, 0.25) is 0 Å². The van der Waals surface area contributed by atoms with Crippen molar-refractivity contribution in [2.75, 3.05) is 47.1 Å². The molecule has 164 valence electrons. The van der Waals surface area contributed by atoms with E-state index in [4.69, 9.17) is 18.9 Å². The Kier molecular flexibility index (Phi) is 7.70. The fourth-order valence-corrected chi connectivity index (χ4v) is 3.74. The SMILES string of the molecule is COc1ccc(OC)c(CCC(=O)C2=C(O)C(CCCN3CCOCC3)OC2=O)c1. The van der Waals surface area contributed by atoms with Gasteiger partial charge in [-0.3, -0.25) is 9.69 Å². The maximum absolute atomic E-state index is 12.6. The van der Waals surface area contributed by atoms with Gasteiger partial charge in [-0.25, -0.2) is 4.79 Å². The van der Waals surface area contributed by atoms with Crippen LogP contribution in [-0.4, -0.2) is 74.9 Å². The molecule has 1 N–H and O–H groups in total. The van der Waals surface area contributed by atoms with Crippen molar-refractivity contribution in [3.05, 3.63) is 35.1 Å². The molecule has 2 aliphatic heterocycles. The van der Waals surface area contributed by atoms with Crippen LogP contribution in [0.5, 0.6) is 11.5 Å². The summed E-state index contributed by atoms with van der Waals surface area (Å²) in [7, 11) is 3.12. The number of cyclic esters (lactones) is 1. The number of aliphatic hydroxyl groups is 1. The van der Waals surface area contributed by atoms with Crippen molar-refractivity contribution >= 4 is 11.8 Å². The summed E-state index contributed by atoms with van der Waals surface area (Å²) in [5.41, 5.74) is 0.562. The second kappa shape index (κ2) is 10.4. The van der Waals surface area contributed by atoms with Crippen molar-refractivity contribution in [3.63, 3.8) is 0 Å². The minimum Gasteiger partial charge on any atom is -0.507 e. The van der Waals surface area contributed by atoms with Crippen LogP contribution in [0.25, 0.3) is 0 Å². The van der Waals surface area contributed by atoms with E-state index in [0.29, 0.717) is 24.3 Å². The van der Waals surface area contributed by atoms with Crippen LogP contribution >= 0.6 is 0 Å². The maximum atomic E-state index is 12.6. The molecule has 8 heteroatoms. The summed E-state index contributed by atoms with van der Waals surface area (Å²) in [6, 6.07) is 5.33. The molecule has 1 saturated heterocycles. The standard InChI is InChI=1S/C22H29NO7/c1-27-16-6-8-18(28-2)15(14-16)5-7-17(24)20-21(25)19(30-22(20)26)4-3-9-23-10-12-29-13-11-23/h6,8,14,19,25H,3-5,7,9-13H2,1-2H3. The van der Waals surface area contributed by atoms with Crippen molar-refractivity contribution in [2.24, 2.45) is 0 Å². The molecular formula is C22H29NO7. The van der Waals surface area contributed by atoms with E-state index < -0.39 is 17.9 Å².